The van der Waals surface area contributed by atoms with Crippen LogP contribution in [0.4, 0.5) is 11.4 Å². The van der Waals surface area contributed by atoms with Crippen LogP contribution in [0, 0.1) is 0 Å². The van der Waals surface area contributed by atoms with E-state index < -0.39 is 15.9 Å². The van der Waals surface area contributed by atoms with Crippen LogP contribution >= 0.6 is 11.6 Å². The van der Waals surface area contributed by atoms with Gasteiger partial charge in [-0.15, -0.1) is 11.6 Å². The molecule has 134 valence electrons. The van der Waals surface area contributed by atoms with E-state index >= 15 is 0 Å². The Bertz CT molecular complexity index is 840. The fraction of sp³-hybridized carbons (Fsp3) is 0.235. The maximum atomic E-state index is 12.6. The summed E-state index contributed by atoms with van der Waals surface area (Å²) in [6.07, 6.45) is 0. The Morgan fingerprint density at radius 2 is 1.72 bits per heavy atom. The second kappa shape index (κ2) is 8.73. The van der Waals surface area contributed by atoms with Crippen LogP contribution in [-0.4, -0.2) is 32.6 Å². The number of hydrogen-bond donors (Lipinski definition) is 2. The van der Waals surface area contributed by atoms with Gasteiger partial charge < -0.3 is 10.1 Å². The molecule has 0 heterocycles. The lowest BCUT2D eigenvalue weighted by Gasteiger charge is -2.14. The van der Waals surface area contributed by atoms with Crippen LogP contribution in [-0.2, 0) is 10.0 Å². The first-order chi connectivity index (χ1) is 12.0. The third kappa shape index (κ3) is 5.37. The summed E-state index contributed by atoms with van der Waals surface area (Å²) in [5.74, 6) is -0.182. The second-order valence-corrected chi connectivity index (χ2v) is 7.26. The van der Waals surface area contributed by atoms with Gasteiger partial charge in [0.15, 0.2) is 0 Å². The molecule has 0 bridgehead atoms. The van der Waals surface area contributed by atoms with Crippen molar-refractivity contribution in [2.75, 3.05) is 28.3 Å². The molecule has 0 aliphatic rings. The summed E-state index contributed by atoms with van der Waals surface area (Å²) in [5.41, 5.74) is 0.902. The number of nitrogens with one attached hydrogen (secondary N) is 2. The topological polar surface area (TPSA) is 84.5 Å². The molecule has 2 aromatic carbocycles. The molecule has 0 saturated carbocycles. The minimum absolute atomic E-state index is 0.0363. The largest absolute Gasteiger partial charge is 0.492 e. The number of benzene rings is 2. The molecular formula is C17H19ClN2O4S. The highest BCUT2D eigenvalue weighted by atomic mass is 35.5. The Morgan fingerprint density at radius 3 is 2.40 bits per heavy atom. The Kier molecular flexibility index (Phi) is 6.66. The molecule has 2 aromatic rings. The van der Waals surface area contributed by atoms with Crippen LogP contribution in [0.15, 0.2) is 48.5 Å². The molecule has 25 heavy (non-hydrogen) atoms. The summed E-state index contributed by atoms with van der Waals surface area (Å²) in [5, 5.41) is 2.74. The number of halogens is 1. The number of para-hydroxylation sites is 3. The lowest BCUT2D eigenvalue weighted by molar-refractivity contribution is 0.102. The molecule has 0 aliphatic heterocycles. The Morgan fingerprint density at radius 1 is 1.08 bits per heavy atom. The quantitative estimate of drug-likeness (QED) is 0.686. The molecular weight excluding hydrogens is 364 g/mol. The van der Waals surface area contributed by atoms with Gasteiger partial charge in [-0.1, -0.05) is 24.3 Å². The van der Waals surface area contributed by atoms with E-state index in [2.05, 4.69) is 10.0 Å². The van der Waals surface area contributed by atoms with Gasteiger partial charge in [-0.3, -0.25) is 9.52 Å². The SMILES string of the molecule is CCOc1ccccc1NC(=O)c1ccccc1NS(=O)(=O)CCCl. The van der Waals surface area contributed by atoms with E-state index in [9.17, 15) is 13.2 Å². The standard InChI is InChI=1S/C17H19ClN2O4S/c1-2-24-16-10-6-5-9-15(16)19-17(21)13-7-3-4-8-14(13)20-25(22,23)12-11-18/h3-10,20H,2,11-12H2,1H3,(H,19,21). The minimum atomic E-state index is -3.62. The maximum Gasteiger partial charge on any atom is 0.257 e. The lowest BCUT2D eigenvalue weighted by atomic mass is 10.1. The third-order valence-corrected chi connectivity index (χ3v) is 4.90. The number of anilines is 2. The normalized spacial score (nSPS) is 11.0. The lowest BCUT2D eigenvalue weighted by Crippen LogP contribution is -2.21. The van der Waals surface area contributed by atoms with Crippen LogP contribution in [0.2, 0.25) is 0 Å². The highest BCUT2D eigenvalue weighted by Gasteiger charge is 2.17. The molecule has 0 saturated heterocycles. The second-order valence-electron chi connectivity index (χ2n) is 5.04. The smallest absolute Gasteiger partial charge is 0.257 e. The van der Waals surface area contributed by atoms with Crippen molar-refractivity contribution in [1.82, 2.24) is 0 Å². The fourth-order valence-electron chi connectivity index (χ4n) is 2.13. The van der Waals surface area contributed by atoms with E-state index in [4.69, 9.17) is 16.3 Å². The van der Waals surface area contributed by atoms with Crippen LogP contribution in [0.1, 0.15) is 17.3 Å². The van der Waals surface area contributed by atoms with Crippen molar-refractivity contribution in [3.8, 4) is 5.75 Å². The van der Waals surface area contributed by atoms with Crippen molar-refractivity contribution >= 4 is 38.9 Å². The molecule has 0 atom stereocenters. The molecule has 8 heteroatoms. The van der Waals surface area contributed by atoms with Gasteiger partial charge in [0.25, 0.3) is 5.91 Å². The van der Waals surface area contributed by atoms with Crippen molar-refractivity contribution in [2.45, 2.75) is 6.92 Å². The monoisotopic (exact) mass is 382 g/mol. The molecule has 0 unspecified atom stereocenters. The van der Waals surface area contributed by atoms with E-state index in [1.54, 1.807) is 36.4 Å². The molecule has 2 rings (SSSR count). The zero-order valence-electron chi connectivity index (χ0n) is 13.7. The summed E-state index contributed by atoms with van der Waals surface area (Å²) < 4.78 is 31.7. The number of ether oxygens (including phenoxy) is 1. The summed E-state index contributed by atoms with van der Waals surface area (Å²) in [6.45, 7) is 2.31. The molecule has 0 aromatic heterocycles. The summed E-state index contributed by atoms with van der Waals surface area (Å²) in [6, 6.07) is 13.4. The average molecular weight is 383 g/mol. The zero-order chi connectivity index (χ0) is 18.3. The predicted octanol–water partition coefficient (Wildman–Crippen LogP) is 3.32. The molecule has 1 amide bonds. The first kappa shape index (κ1) is 19.1. The van der Waals surface area contributed by atoms with Crippen molar-refractivity contribution < 1.29 is 17.9 Å². The molecule has 0 aliphatic carbocycles. The van der Waals surface area contributed by atoms with Crippen molar-refractivity contribution in [3.63, 3.8) is 0 Å². The Balaban J connectivity index is 2.26. The number of rotatable bonds is 8. The Hall–Kier alpha value is -2.25. The molecule has 2 N–H and O–H groups in total. The zero-order valence-corrected chi connectivity index (χ0v) is 15.2. The number of amides is 1. The van der Waals surface area contributed by atoms with Gasteiger partial charge in [-0.2, -0.15) is 0 Å². The highest BCUT2D eigenvalue weighted by molar-refractivity contribution is 7.92. The third-order valence-electron chi connectivity index (χ3n) is 3.22. The highest BCUT2D eigenvalue weighted by Crippen LogP contribution is 2.25. The average Bonchev–Trinajstić information content (AvgIpc) is 2.57. The number of sulfonamides is 1. The van der Waals surface area contributed by atoms with Gasteiger partial charge in [0.2, 0.25) is 10.0 Å². The van der Waals surface area contributed by atoms with E-state index in [1.165, 1.54) is 12.1 Å². The number of carbonyl (C=O) groups excluding carboxylic acids is 1. The van der Waals surface area contributed by atoms with Crippen LogP contribution < -0.4 is 14.8 Å². The van der Waals surface area contributed by atoms with Crippen molar-refractivity contribution in [3.05, 3.63) is 54.1 Å². The van der Waals surface area contributed by atoms with E-state index in [0.29, 0.717) is 18.0 Å². The Labute approximate surface area is 152 Å². The van der Waals surface area contributed by atoms with Crippen molar-refractivity contribution in [1.29, 1.82) is 0 Å². The number of hydrogen-bond acceptors (Lipinski definition) is 4. The fourth-order valence-corrected chi connectivity index (χ4v) is 3.56. The number of alkyl halides is 1. The van der Waals surface area contributed by atoms with Crippen LogP contribution in [0.5, 0.6) is 5.75 Å². The van der Waals surface area contributed by atoms with Gasteiger partial charge in [0.05, 0.1) is 29.3 Å². The van der Waals surface area contributed by atoms with Gasteiger partial charge in [-0.25, -0.2) is 8.42 Å². The summed E-state index contributed by atoms with van der Waals surface area (Å²) >= 11 is 5.50. The van der Waals surface area contributed by atoms with Gasteiger partial charge in [0, 0.05) is 5.88 Å². The number of carbonyl (C=O) groups is 1. The molecule has 0 fully saturated rings. The predicted molar refractivity (Wildman–Crippen MR) is 100 cm³/mol. The van der Waals surface area contributed by atoms with Gasteiger partial charge in [-0.05, 0) is 31.2 Å². The molecule has 0 spiro atoms. The van der Waals surface area contributed by atoms with Gasteiger partial charge >= 0.3 is 0 Å². The minimum Gasteiger partial charge on any atom is -0.492 e. The summed E-state index contributed by atoms with van der Waals surface area (Å²) in [7, 11) is -3.62. The van der Waals surface area contributed by atoms with E-state index in [0.717, 1.165) is 0 Å². The van der Waals surface area contributed by atoms with Crippen molar-refractivity contribution in [2.24, 2.45) is 0 Å². The first-order valence-electron chi connectivity index (χ1n) is 7.65. The maximum absolute atomic E-state index is 12.6. The van der Waals surface area contributed by atoms with Crippen LogP contribution in [0.25, 0.3) is 0 Å². The van der Waals surface area contributed by atoms with E-state index in [-0.39, 0.29) is 22.9 Å². The molecule has 0 radical (unpaired) electrons. The summed E-state index contributed by atoms with van der Waals surface area (Å²) in [4.78, 5) is 12.6. The van der Waals surface area contributed by atoms with E-state index in [1.807, 2.05) is 6.92 Å². The first-order valence-corrected chi connectivity index (χ1v) is 9.84. The molecule has 6 nitrogen and oxygen atoms in total. The van der Waals surface area contributed by atoms with Crippen LogP contribution in [0.3, 0.4) is 0 Å². The van der Waals surface area contributed by atoms with Gasteiger partial charge in [0.1, 0.15) is 5.75 Å².